The lowest BCUT2D eigenvalue weighted by molar-refractivity contribution is -0.143. The molecule has 2 aliphatic rings. The molecular weight excluding hydrogens is 582 g/mol. The summed E-state index contributed by atoms with van der Waals surface area (Å²) in [5.41, 5.74) is -2.57. The molecule has 0 spiro atoms. The predicted octanol–water partition coefficient (Wildman–Crippen LogP) is 8.84. The molecular formula is C33H34F6N4O. The van der Waals surface area contributed by atoms with Gasteiger partial charge in [0.2, 0.25) is 0 Å². The Labute approximate surface area is 252 Å². The number of alkyl halides is 6. The van der Waals surface area contributed by atoms with Crippen LogP contribution in [0.15, 0.2) is 90.2 Å². The van der Waals surface area contributed by atoms with Crippen LogP contribution < -0.4 is 9.80 Å². The van der Waals surface area contributed by atoms with Gasteiger partial charge in [-0.3, -0.25) is 0 Å². The van der Waals surface area contributed by atoms with E-state index in [1.54, 1.807) is 6.20 Å². The number of nitrogens with zero attached hydrogens (tertiary/aromatic N) is 4. The van der Waals surface area contributed by atoms with E-state index in [-0.39, 0.29) is 24.3 Å². The Bertz CT molecular complexity index is 1440. The number of aliphatic imine (C=N–C) groups is 1. The average Bonchev–Trinajstić information content (AvgIpc) is 3.01. The third-order valence-electron chi connectivity index (χ3n) is 8.26. The molecule has 3 aromatic rings. The van der Waals surface area contributed by atoms with Crippen molar-refractivity contribution >= 4 is 17.3 Å². The van der Waals surface area contributed by atoms with Crippen LogP contribution in [0.1, 0.15) is 62.3 Å². The highest BCUT2D eigenvalue weighted by Crippen LogP contribution is 2.40. The second kappa shape index (κ2) is 12.6. The average molecular weight is 617 g/mol. The van der Waals surface area contributed by atoms with Gasteiger partial charge in [0.05, 0.1) is 35.4 Å². The molecule has 2 unspecified atom stereocenters. The summed E-state index contributed by atoms with van der Waals surface area (Å²) < 4.78 is 87.1. The lowest BCUT2D eigenvalue weighted by atomic mass is 9.85. The minimum Gasteiger partial charge on any atom is -0.371 e. The molecule has 0 amide bonds. The van der Waals surface area contributed by atoms with E-state index in [0.717, 1.165) is 48.7 Å². The fraction of sp³-hybridized carbons (Fsp3) is 0.394. The molecule has 11 heteroatoms. The number of hydrogen-bond acceptors (Lipinski definition) is 5. The minimum absolute atomic E-state index is 0.00124. The van der Waals surface area contributed by atoms with Gasteiger partial charge in [-0.1, -0.05) is 30.3 Å². The Balaban J connectivity index is 1.42. The van der Waals surface area contributed by atoms with Crippen LogP contribution in [0.25, 0.3) is 0 Å². The quantitative estimate of drug-likeness (QED) is 0.249. The number of piperidine rings is 1. The summed E-state index contributed by atoms with van der Waals surface area (Å²) in [7, 11) is 0. The Morgan fingerprint density at radius 3 is 2.25 bits per heavy atom. The van der Waals surface area contributed by atoms with Gasteiger partial charge < -0.3 is 14.5 Å². The van der Waals surface area contributed by atoms with E-state index < -0.39 is 35.1 Å². The maximum atomic E-state index is 13.5. The molecule has 234 valence electrons. The highest BCUT2D eigenvalue weighted by Gasteiger charge is 2.42. The number of allylic oxidation sites excluding steroid dienone is 1. The first-order chi connectivity index (χ1) is 20.8. The number of rotatable bonds is 7. The van der Waals surface area contributed by atoms with Gasteiger partial charge in [-0.05, 0) is 81.1 Å². The Morgan fingerprint density at radius 1 is 0.977 bits per heavy atom. The monoisotopic (exact) mass is 616 g/mol. The molecule has 5 nitrogen and oxygen atoms in total. The molecule has 0 saturated carbocycles. The Kier molecular flexibility index (Phi) is 9.06. The van der Waals surface area contributed by atoms with Crippen molar-refractivity contribution in [3.63, 3.8) is 0 Å². The standard InChI is InChI=1S/C33H34F6N4O/c1-23(24-18-25(32(34,35)36)20-26(19-24)33(37,38)39)44-22-31(2)15-14-28(21-42(31)27-10-4-3-5-11-27)43(29-12-6-8-16-40-29)30-13-7-9-17-41-30/h3-6,8-12,16-20,23,28H,7,13-15,21-22H2,1-2H3/t23?,28?,31-/m1/s1. The van der Waals surface area contributed by atoms with Crippen LogP contribution in [-0.4, -0.2) is 35.6 Å². The molecule has 44 heavy (non-hydrogen) atoms. The number of amidine groups is 1. The van der Waals surface area contributed by atoms with E-state index in [1.165, 1.54) is 6.92 Å². The zero-order valence-electron chi connectivity index (χ0n) is 24.4. The summed E-state index contributed by atoms with van der Waals surface area (Å²) in [6, 6.07) is 17.1. The van der Waals surface area contributed by atoms with Gasteiger partial charge in [-0.2, -0.15) is 26.3 Å². The van der Waals surface area contributed by atoms with Gasteiger partial charge >= 0.3 is 12.4 Å². The highest BCUT2D eigenvalue weighted by molar-refractivity contribution is 5.98. The van der Waals surface area contributed by atoms with Gasteiger partial charge in [-0.25, -0.2) is 9.98 Å². The molecule has 1 fully saturated rings. The number of anilines is 2. The number of pyridine rings is 1. The van der Waals surface area contributed by atoms with Gasteiger partial charge in [0.15, 0.2) is 0 Å². The summed E-state index contributed by atoms with van der Waals surface area (Å²) in [6.45, 7) is 4.15. The van der Waals surface area contributed by atoms with Crippen molar-refractivity contribution in [2.24, 2.45) is 4.99 Å². The zero-order chi connectivity index (χ0) is 31.5. The molecule has 2 aromatic carbocycles. The molecule has 5 rings (SSSR count). The largest absolute Gasteiger partial charge is 0.416 e. The fourth-order valence-corrected chi connectivity index (χ4v) is 5.83. The van der Waals surface area contributed by atoms with Crippen molar-refractivity contribution in [2.75, 3.05) is 23.0 Å². The Morgan fingerprint density at radius 2 is 1.66 bits per heavy atom. The summed E-state index contributed by atoms with van der Waals surface area (Å²) in [5, 5.41) is 0. The van der Waals surface area contributed by atoms with E-state index in [2.05, 4.69) is 19.8 Å². The first-order valence-electron chi connectivity index (χ1n) is 14.5. The van der Waals surface area contributed by atoms with Crippen molar-refractivity contribution in [1.29, 1.82) is 0 Å². The van der Waals surface area contributed by atoms with Crippen LogP contribution in [0.3, 0.4) is 0 Å². The van der Waals surface area contributed by atoms with Crippen molar-refractivity contribution in [3.8, 4) is 0 Å². The molecule has 0 radical (unpaired) electrons. The second-order valence-corrected chi connectivity index (χ2v) is 11.5. The lowest BCUT2D eigenvalue weighted by Crippen LogP contribution is -2.61. The smallest absolute Gasteiger partial charge is 0.371 e. The van der Waals surface area contributed by atoms with Crippen LogP contribution in [0.4, 0.5) is 37.8 Å². The van der Waals surface area contributed by atoms with Crippen LogP contribution in [0.5, 0.6) is 0 Å². The third-order valence-corrected chi connectivity index (χ3v) is 8.26. The molecule has 3 heterocycles. The zero-order valence-corrected chi connectivity index (χ0v) is 24.4. The molecule has 1 aromatic heterocycles. The van der Waals surface area contributed by atoms with E-state index in [1.807, 2.05) is 67.7 Å². The minimum atomic E-state index is -4.93. The predicted molar refractivity (Wildman–Crippen MR) is 159 cm³/mol. The third kappa shape index (κ3) is 7.09. The SMILES string of the molecule is CC(OC[C@@]1(C)CCC(N(C2=NC=CCC2)c2ccccn2)CN1c1ccccc1)c1cc(C(F)(F)F)cc(C(F)(F)F)c1. The van der Waals surface area contributed by atoms with Crippen molar-refractivity contribution in [3.05, 3.63) is 102 Å². The van der Waals surface area contributed by atoms with Gasteiger partial charge in [0, 0.05) is 31.0 Å². The number of hydrogen-bond donors (Lipinski definition) is 0. The van der Waals surface area contributed by atoms with Crippen LogP contribution in [0.2, 0.25) is 0 Å². The van der Waals surface area contributed by atoms with Crippen LogP contribution in [-0.2, 0) is 17.1 Å². The topological polar surface area (TPSA) is 41.0 Å². The van der Waals surface area contributed by atoms with E-state index in [0.29, 0.717) is 13.0 Å². The summed E-state index contributed by atoms with van der Waals surface area (Å²) in [4.78, 5) is 13.7. The molecule has 0 aliphatic carbocycles. The lowest BCUT2D eigenvalue weighted by Gasteiger charge is -2.51. The van der Waals surface area contributed by atoms with E-state index in [4.69, 9.17) is 4.74 Å². The maximum Gasteiger partial charge on any atom is 0.416 e. The van der Waals surface area contributed by atoms with Crippen molar-refractivity contribution < 1.29 is 31.1 Å². The number of aromatic nitrogens is 1. The first-order valence-corrected chi connectivity index (χ1v) is 14.5. The maximum absolute atomic E-state index is 13.5. The Hall–Kier alpha value is -3.86. The van der Waals surface area contributed by atoms with Crippen LogP contribution in [0, 0.1) is 0 Å². The van der Waals surface area contributed by atoms with Gasteiger partial charge in [0.25, 0.3) is 0 Å². The number of ether oxygens (including phenoxy) is 1. The normalized spacial score (nSPS) is 21.6. The molecule has 0 N–H and O–H groups in total. The highest BCUT2D eigenvalue weighted by atomic mass is 19.4. The summed E-state index contributed by atoms with van der Waals surface area (Å²) >= 11 is 0. The molecule has 3 atom stereocenters. The fourth-order valence-electron chi connectivity index (χ4n) is 5.83. The summed E-state index contributed by atoms with van der Waals surface area (Å²) in [6.07, 6.45) is -2.28. The molecule has 1 saturated heterocycles. The molecule has 2 aliphatic heterocycles. The number of benzene rings is 2. The van der Waals surface area contributed by atoms with Crippen molar-refractivity contribution in [1.82, 2.24) is 4.98 Å². The second-order valence-electron chi connectivity index (χ2n) is 11.5. The first kappa shape index (κ1) is 31.6. The molecule has 0 bridgehead atoms. The summed E-state index contributed by atoms with van der Waals surface area (Å²) in [5.74, 6) is 1.71. The van der Waals surface area contributed by atoms with E-state index in [9.17, 15) is 26.3 Å². The van der Waals surface area contributed by atoms with Gasteiger partial charge in [-0.15, -0.1) is 0 Å². The van der Waals surface area contributed by atoms with Gasteiger partial charge in [0.1, 0.15) is 11.7 Å². The number of halogens is 6. The van der Waals surface area contributed by atoms with Crippen molar-refractivity contribution in [2.45, 2.75) is 69.6 Å². The number of para-hydroxylation sites is 1. The van der Waals surface area contributed by atoms with E-state index >= 15 is 0 Å². The van der Waals surface area contributed by atoms with Crippen LogP contribution >= 0.6 is 0 Å².